The topological polar surface area (TPSA) is 133 Å². The lowest BCUT2D eigenvalue weighted by molar-refractivity contribution is 0.0821. The van der Waals surface area contributed by atoms with E-state index >= 15 is 0 Å². The van der Waals surface area contributed by atoms with Crippen molar-refractivity contribution in [1.29, 1.82) is 0 Å². The Balaban J connectivity index is 1.26. The summed E-state index contributed by atoms with van der Waals surface area (Å²) in [5.41, 5.74) is 9.06. The van der Waals surface area contributed by atoms with Gasteiger partial charge in [0.25, 0.3) is 6.43 Å². The molecule has 2 aromatic heterocycles. The molecule has 1 aliphatic heterocycles. The van der Waals surface area contributed by atoms with Gasteiger partial charge >= 0.3 is 0 Å². The molecular weight excluding hydrogens is 635 g/mol. The van der Waals surface area contributed by atoms with Crippen LogP contribution in [-0.2, 0) is 9.84 Å². The zero-order valence-corrected chi connectivity index (χ0v) is 26.4. The molecular formula is C33H32F3N5O5S. The van der Waals surface area contributed by atoms with Gasteiger partial charge in [0.2, 0.25) is 5.78 Å². The van der Waals surface area contributed by atoms with E-state index in [0.717, 1.165) is 0 Å². The molecule has 0 bridgehead atoms. The van der Waals surface area contributed by atoms with E-state index in [0.29, 0.717) is 59.5 Å². The lowest BCUT2D eigenvalue weighted by atomic mass is 10.1. The summed E-state index contributed by atoms with van der Waals surface area (Å²) in [5.74, 6) is -0.106. The smallest absolute Gasteiger partial charge is 0.272 e. The van der Waals surface area contributed by atoms with Gasteiger partial charge in [-0.05, 0) is 73.9 Å². The summed E-state index contributed by atoms with van der Waals surface area (Å²) in [5, 5.41) is 4.41. The minimum absolute atomic E-state index is 0.0875. The van der Waals surface area contributed by atoms with E-state index in [9.17, 15) is 26.4 Å². The van der Waals surface area contributed by atoms with Crippen molar-refractivity contribution >= 4 is 38.0 Å². The summed E-state index contributed by atoms with van der Waals surface area (Å²) in [7, 11) is -3.20. The number of carbonyl (C=O) groups excluding carboxylic acids is 1. The number of anilines is 2. The van der Waals surface area contributed by atoms with Crippen LogP contribution in [0.15, 0.2) is 66.9 Å². The summed E-state index contributed by atoms with van der Waals surface area (Å²) in [6, 6.07) is 16.1. The number of benzene rings is 3. The van der Waals surface area contributed by atoms with Crippen LogP contribution in [0.4, 0.5) is 24.7 Å². The van der Waals surface area contributed by atoms with E-state index in [-0.39, 0.29) is 28.6 Å². The Morgan fingerprint density at radius 1 is 1.06 bits per heavy atom. The molecule has 47 heavy (non-hydrogen) atoms. The molecule has 14 heteroatoms. The van der Waals surface area contributed by atoms with Gasteiger partial charge in [-0.2, -0.15) is 5.10 Å². The van der Waals surface area contributed by atoms with Crippen LogP contribution >= 0.6 is 0 Å². The second kappa shape index (κ2) is 12.7. The molecule has 1 fully saturated rings. The number of H-pyrrole nitrogens is 1. The number of piperidine rings is 1. The maximum absolute atomic E-state index is 14.1. The lowest BCUT2D eigenvalue weighted by Gasteiger charge is -2.33. The Morgan fingerprint density at radius 2 is 1.81 bits per heavy atom. The number of nitrogens with zero attached hydrogens (tertiary/aromatic N) is 3. The van der Waals surface area contributed by atoms with Crippen LogP contribution in [0.5, 0.6) is 17.2 Å². The fourth-order valence-electron chi connectivity index (χ4n) is 5.72. The van der Waals surface area contributed by atoms with Gasteiger partial charge in [0, 0.05) is 30.2 Å². The van der Waals surface area contributed by atoms with Crippen LogP contribution in [0, 0.1) is 12.7 Å². The first kappa shape index (κ1) is 32.0. The summed E-state index contributed by atoms with van der Waals surface area (Å²) in [4.78, 5) is 18.6. The molecule has 0 saturated carbocycles. The van der Waals surface area contributed by atoms with Crippen LogP contribution in [0.25, 0.3) is 16.6 Å². The van der Waals surface area contributed by atoms with Gasteiger partial charge in [-0.1, -0.05) is 12.1 Å². The number of hydrogen-bond donors (Lipinski definition) is 2. The van der Waals surface area contributed by atoms with Crippen molar-refractivity contribution < 1.29 is 35.9 Å². The Labute approximate surface area is 268 Å². The number of halogens is 3. The predicted octanol–water partition coefficient (Wildman–Crippen LogP) is 6.06. The molecule has 3 aromatic carbocycles. The average molecular weight is 668 g/mol. The highest BCUT2D eigenvalue weighted by molar-refractivity contribution is 7.91. The molecule has 0 unspecified atom stereocenters. The molecule has 3 heterocycles. The molecule has 5 aromatic rings. The van der Waals surface area contributed by atoms with Gasteiger partial charge in [0.15, 0.2) is 11.6 Å². The van der Waals surface area contributed by atoms with E-state index in [1.807, 2.05) is 4.90 Å². The molecule has 10 nitrogen and oxygen atoms in total. The number of carbonyl (C=O) groups is 1. The normalized spacial score (nSPS) is 14.2. The number of hydrogen-bond acceptors (Lipinski definition) is 8. The first-order chi connectivity index (χ1) is 22.4. The zero-order chi connectivity index (χ0) is 33.5. The molecule has 1 aliphatic rings. The molecule has 0 atom stereocenters. The number of nitrogens with one attached hydrogen (secondary N) is 1. The van der Waals surface area contributed by atoms with Crippen molar-refractivity contribution in [3.05, 3.63) is 89.5 Å². The van der Waals surface area contributed by atoms with Gasteiger partial charge in [-0.15, -0.1) is 0 Å². The highest BCUT2D eigenvalue weighted by atomic mass is 32.2. The zero-order valence-electron chi connectivity index (χ0n) is 25.5. The number of fused-ring (bicyclic) bond motifs is 1. The van der Waals surface area contributed by atoms with Crippen molar-refractivity contribution in [1.82, 2.24) is 14.8 Å². The van der Waals surface area contributed by atoms with Crippen LogP contribution in [0.2, 0.25) is 0 Å². The van der Waals surface area contributed by atoms with Crippen LogP contribution in [0.1, 0.15) is 34.5 Å². The third kappa shape index (κ3) is 6.64. The minimum atomic E-state index is -3.20. The highest BCUT2D eigenvalue weighted by Crippen LogP contribution is 2.37. The largest absolute Gasteiger partial charge is 0.485 e. The van der Waals surface area contributed by atoms with E-state index in [1.54, 1.807) is 55.5 Å². The lowest BCUT2D eigenvalue weighted by Crippen LogP contribution is -2.39. The number of ether oxygens (including phenoxy) is 2. The van der Waals surface area contributed by atoms with Crippen molar-refractivity contribution in [2.45, 2.75) is 31.4 Å². The number of para-hydroxylation sites is 1. The molecule has 0 radical (unpaired) electrons. The number of nitrogen functional groups attached to an aromatic ring is 1. The molecule has 0 amide bonds. The Bertz CT molecular complexity index is 2070. The van der Waals surface area contributed by atoms with Gasteiger partial charge in [-0.3, -0.25) is 4.79 Å². The minimum Gasteiger partial charge on any atom is -0.485 e. The monoisotopic (exact) mass is 667 g/mol. The first-order valence-corrected chi connectivity index (χ1v) is 16.8. The Hall–Kier alpha value is -4.98. The summed E-state index contributed by atoms with van der Waals surface area (Å²) in [6.45, 7) is 1.76. The Morgan fingerprint density at radius 3 is 2.49 bits per heavy atom. The maximum atomic E-state index is 14.1. The number of aromatic nitrogens is 3. The first-order valence-electron chi connectivity index (χ1n) is 14.8. The third-order valence-electron chi connectivity index (χ3n) is 8.21. The van der Waals surface area contributed by atoms with Gasteiger partial charge in [-0.25, -0.2) is 26.3 Å². The number of aromatic amines is 1. The van der Waals surface area contributed by atoms with Crippen LogP contribution in [0.3, 0.4) is 0 Å². The summed E-state index contributed by atoms with van der Waals surface area (Å²) < 4.78 is 77.0. The predicted molar refractivity (Wildman–Crippen MR) is 172 cm³/mol. The number of alkyl halides is 2. The molecule has 246 valence electrons. The number of nitrogens with two attached hydrogens (primary N) is 1. The average Bonchev–Trinajstić information content (AvgIpc) is 3.64. The van der Waals surface area contributed by atoms with Crippen LogP contribution in [-0.4, -0.2) is 66.6 Å². The van der Waals surface area contributed by atoms with E-state index in [2.05, 4.69) is 10.1 Å². The standard InChI is InChI=1S/C33H32F3N5O5S/c1-19-13-21(7-8-28(19)46-29-6-4-3-5-24(29)34)41-33(37)23(17-38-41)32(42)26-14-20-15-30(45-18-31(35)36)27(16-25(20)39-26)40-11-9-22(10-12-40)47(2,43)44/h3-8,13-17,22,31,39H,9-12,18,37H2,1-2H3. The number of aryl methyl sites for hydroxylation is 1. The number of sulfone groups is 1. The van der Waals surface area contributed by atoms with E-state index in [1.165, 1.54) is 29.3 Å². The second-order valence-corrected chi connectivity index (χ2v) is 13.8. The molecule has 6 rings (SSSR count). The fraction of sp³-hybridized carbons (Fsp3) is 0.273. The SMILES string of the molecule is Cc1cc(-n2ncc(C(=O)c3cc4cc(OCC(F)F)c(N5CCC(S(C)(=O)=O)CC5)cc4[nH]3)c2N)ccc1Oc1ccccc1F. The number of ketones is 1. The Kier molecular flexibility index (Phi) is 8.62. The van der Waals surface area contributed by atoms with Crippen LogP contribution < -0.4 is 20.1 Å². The van der Waals surface area contributed by atoms with Crippen molar-refractivity contribution in [2.75, 3.05) is 36.6 Å². The van der Waals surface area contributed by atoms with Gasteiger partial charge in [0.05, 0.1) is 34.1 Å². The highest BCUT2D eigenvalue weighted by Gasteiger charge is 2.29. The van der Waals surface area contributed by atoms with Gasteiger partial charge in [0.1, 0.15) is 33.8 Å². The molecule has 1 saturated heterocycles. The van der Waals surface area contributed by atoms with E-state index < -0.39 is 39.7 Å². The summed E-state index contributed by atoms with van der Waals surface area (Å²) in [6.07, 6.45) is 0.661. The van der Waals surface area contributed by atoms with Crippen molar-refractivity contribution in [2.24, 2.45) is 0 Å². The van der Waals surface area contributed by atoms with Crippen molar-refractivity contribution in [3.63, 3.8) is 0 Å². The quantitative estimate of drug-likeness (QED) is 0.172. The second-order valence-electron chi connectivity index (χ2n) is 11.5. The third-order valence-corrected chi connectivity index (χ3v) is 9.89. The maximum Gasteiger partial charge on any atom is 0.272 e. The molecule has 0 spiro atoms. The summed E-state index contributed by atoms with van der Waals surface area (Å²) >= 11 is 0. The number of rotatable bonds is 10. The van der Waals surface area contributed by atoms with Gasteiger partial charge < -0.3 is 25.1 Å². The fourth-order valence-corrected chi connectivity index (χ4v) is 6.79. The molecule has 3 N–H and O–H groups in total. The van der Waals surface area contributed by atoms with E-state index in [4.69, 9.17) is 15.2 Å². The molecule has 0 aliphatic carbocycles. The van der Waals surface area contributed by atoms with Crippen molar-refractivity contribution in [3.8, 4) is 22.9 Å².